The molecule has 2 aromatic heterocycles. The summed E-state index contributed by atoms with van der Waals surface area (Å²) in [5, 5.41) is 9.02. The molecular formula is C45H50ClFN10O7. The van der Waals surface area contributed by atoms with Gasteiger partial charge in [-0.15, -0.1) is 0 Å². The highest BCUT2D eigenvalue weighted by atomic mass is 35.5. The van der Waals surface area contributed by atoms with E-state index in [-0.39, 0.29) is 53.7 Å². The minimum absolute atomic E-state index is 0.0210. The normalized spacial score (nSPS) is 20.7. The molecule has 2 aromatic carbocycles. The van der Waals surface area contributed by atoms with Crippen LogP contribution in [0.2, 0.25) is 5.02 Å². The SMILES string of the molecule is CNC(=O)COc1cc2cc(Nc3nc(N4CCC(F)(CN5CCC6(CC5)CN(c5cccc7c5C(=O)N(C5CCC(=O)NC5=O)C7=O)C6)CC4)ncc3Cl)ccc2n(C(C)C)c1=O. The minimum Gasteiger partial charge on any atom is -0.478 e. The molecule has 5 amide bonds. The van der Waals surface area contributed by atoms with Crippen molar-refractivity contribution in [3.05, 3.63) is 75.2 Å². The number of imide groups is 2. The number of benzene rings is 2. The Morgan fingerprint density at radius 2 is 1.73 bits per heavy atom. The van der Waals surface area contributed by atoms with Crippen LogP contribution in [0.25, 0.3) is 10.9 Å². The average Bonchev–Trinajstić information content (AvgIpc) is 3.51. The molecule has 4 aromatic rings. The van der Waals surface area contributed by atoms with Gasteiger partial charge in [0.25, 0.3) is 23.3 Å². The third-order valence-corrected chi connectivity index (χ3v) is 13.6. The van der Waals surface area contributed by atoms with Crippen molar-refractivity contribution < 1.29 is 33.1 Å². The number of fused-ring (bicyclic) bond motifs is 2. The molecule has 64 heavy (non-hydrogen) atoms. The zero-order chi connectivity index (χ0) is 45.1. The number of anilines is 4. The molecule has 4 saturated heterocycles. The fraction of sp³-hybridized carbons (Fsp3) is 0.467. The number of pyridine rings is 1. The van der Waals surface area contributed by atoms with Crippen molar-refractivity contribution in [2.75, 3.05) is 74.6 Å². The molecule has 0 radical (unpaired) electrons. The number of halogens is 2. The summed E-state index contributed by atoms with van der Waals surface area (Å²) in [5.74, 6) is -1.57. The molecule has 0 bridgehead atoms. The molecular weight excluding hydrogens is 847 g/mol. The number of ether oxygens (including phenoxy) is 1. The largest absolute Gasteiger partial charge is 0.478 e. The lowest BCUT2D eigenvalue weighted by molar-refractivity contribution is -0.136. The zero-order valence-corrected chi connectivity index (χ0v) is 36.7. The highest BCUT2D eigenvalue weighted by molar-refractivity contribution is 6.33. The first-order valence-electron chi connectivity index (χ1n) is 21.7. The van der Waals surface area contributed by atoms with Crippen LogP contribution in [0.4, 0.5) is 27.5 Å². The second kappa shape index (κ2) is 16.8. The lowest BCUT2D eigenvalue weighted by Gasteiger charge is -2.55. The van der Waals surface area contributed by atoms with E-state index in [4.69, 9.17) is 21.3 Å². The van der Waals surface area contributed by atoms with Gasteiger partial charge in [0, 0.05) is 81.6 Å². The van der Waals surface area contributed by atoms with E-state index in [0.29, 0.717) is 90.2 Å². The Morgan fingerprint density at radius 1 is 0.984 bits per heavy atom. The van der Waals surface area contributed by atoms with Gasteiger partial charge in [-0.1, -0.05) is 17.7 Å². The molecule has 1 atom stereocenters. The fourth-order valence-corrected chi connectivity index (χ4v) is 9.97. The third-order valence-electron chi connectivity index (χ3n) is 13.4. The maximum Gasteiger partial charge on any atom is 0.293 e. The van der Waals surface area contributed by atoms with Crippen molar-refractivity contribution in [1.29, 1.82) is 0 Å². The van der Waals surface area contributed by atoms with Crippen molar-refractivity contribution in [3.8, 4) is 5.75 Å². The number of piperidine rings is 3. The summed E-state index contributed by atoms with van der Waals surface area (Å²) >= 11 is 6.58. The van der Waals surface area contributed by atoms with Crippen molar-refractivity contribution in [2.24, 2.45) is 5.41 Å². The average molecular weight is 897 g/mol. The van der Waals surface area contributed by atoms with Gasteiger partial charge in [0.2, 0.25) is 17.8 Å². The first kappa shape index (κ1) is 43.1. The van der Waals surface area contributed by atoms with Crippen molar-refractivity contribution in [1.82, 2.24) is 35.0 Å². The Kier molecular flexibility index (Phi) is 11.3. The van der Waals surface area contributed by atoms with Crippen LogP contribution < -0.4 is 36.0 Å². The molecule has 336 valence electrons. The molecule has 7 heterocycles. The Bertz CT molecular complexity index is 2630. The van der Waals surface area contributed by atoms with Crippen molar-refractivity contribution in [3.63, 3.8) is 0 Å². The number of rotatable bonds is 11. The standard InChI is InChI=1S/C45H50ClFN10O7/c1-26(2)56-31-8-7-28(19-27(31)20-34(41(56)62)64-22-36(59)48-3)50-38-30(46)21-49-43(52-38)54-17-13-45(47,14-18-54)25-53-15-11-44(12-16-53)23-55(24-44)32-6-4-5-29-37(32)42(63)57(40(29)61)33-9-10-35(58)51-39(33)60/h4-8,19-21,26,33H,9-18,22-25H2,1-3H3,(H,48,59)(H,49,50,52)(H,51,58,60). The Labute approximate surface area is 373 Å². The molecule has 0 aliphatic carbocycles. The molecule has 5 aliphatic rings. The van der Waals surface area contributed by atoms with E-state index < -0.39 is 35.3 Å². The number of alkyl halides is 1. The van der Waals surface area contributed by atoms with Gasteiger partial charge in [-0.2, -0.15) is 4.98 Å². The maximum absolute atomic E-state index is 16.5. The fourth-order valence-electron chi connectivity index (χ4n) is 9.83. The van der Waals surface area contributed by atoms with Gasteiger partial charge in [0.05, 0.1) is 28.5 Å². The predicted molar refractivity (Wildman–Crippen MR) is 237 cm³/mol. The lowest BCUT2D eigenvalue weighted by atomic mass is 9.71. The van der Waals surface area contributed by atoms with Crippen LogP contribution in [0.5, 0.6) is 5.75 Å². The molecule has 5 aliphatic heterocycles. The molecule has 17 nitrogen and oxygen atoms in total. The van der Waals surface area contributed by atoms with Crippen LogP contribution in [0.3, 0.4) is 0 Å². The summed E-state index contributed by atoms with van der Waals surface area (Å²) in [7, 11) is 1.50. The van der Waals surface area contributed by atoms with Gasteiger partial charge in [-0.05, 0) is 82.6 Å². The number of hydrogen-bond acceptors (Lipinski definition) is 13. The van der Waals surface area contributed by atoms with Crippen LogP contribution in [0.1, 0.15) is 79.1 Å². The molecule has 0 saturated carbocycles. The number of carbonyl (C=O) groups is 5. The van der Waals surface area contributed by atoms with E-state index in [9.17, 15) is 28.8 Å². The van der Waals surface area contributed by atoms with Gasteiger partial charge in [-0.3, -0.25) is 39.0 Å². The lowest BCUT2D eigenvalue weighted by Crippen LogP contribution is -2.61. The molecule has 9 rings (SSSR count). The van der Waals surface area contributed by atoms with E-state index in [0.717, 1.165) is 30.8 Å². The number of carbonyl (C=O) groups excluding carboxylic acids is 5. The first-order chi connectivity index (χ1) is 30.6. The van der Waals surface area contributed by atoms with E-state index in [1.165, 1.54) is 13.2 Å². The summed E-state index contributed by atoms with van der Waals surface area (Å²) < 4.78 is 23.7. The molecule has 4 fully saturated rings. The summed E-state index contributed by atoms with van der Waals surface area (Å²) in [6.45, 7) is 7.61. The topological polar surface area (TPSA) is 191 Å². The highest BCUT2D eigenvalue weighted by Gasteiger charge is 2.50. The van der Waals surface area contributed by atoms with Gasteiger partial charge in [0.15, 0.2) is 18.2 Å². The number of likely N-dealkylation sites (tertiary alicyclic amines) is 1. The van der Waals surface area contributed by atoms with Crippen molar-refractivity contribution in [2.45, 2.75) is 70.1 Å². The van der Waals surface area contributed by atoms with Crippen LogP contribution in [-0.2, 0) is 14.4 Å². The smallest absolute Gasteiger partial charge is 0.293 e. The number of hydrogen-bond donors (Lipinski definition) is 3. The quantitative estimate of drug-likeness (QED) is 0.182. The van der Waals surface area contributed by atoms with Gasteiger partial charge in [-0.25, -0.2) is 9.37 Å². The summed E-state index contributed by atoms with van der Waals surface area (Å²) in [4.78, 5) is 93.0. The van der Waals surface area contributed by atoms with E-state index >= 15 is 4.39 Å². The molecule has 3 N–H and O–H groups in total. The molecule has 19 heteroatoms. The van der Waals surface area contributed by atoms with Gasteiger partial charge < -0.3 is 34.6 Å². The summed E-state index contributed by atoms with van der Waals surface area (Å²) in [6.07, 6.45) is 4.07. The van der Waals surface area contributed by atoms with E-state index in [1.54, 1.807) is 22.8 Å². The second-order valence-electron chi connectivity index (χ2n) is 17.9. The number of nitrogens with one attached hydrogen (secondary N) is 3. The van der Waals surface area contributed by atoms with Crippen LogP contribution in [-0.4, -0.2) is 125 Å². The third kappa shape index (κ3) is 8.01. The number of likely N-dealkylation sites (N-methyl/N-ethyl adjacent to an activating group) is 1. The van der Waals surface area contributed by atoms with Crippen LogP contribution >= 0.6 is 11.6 Å². The number of nitrogens with zero attached hydrogens (tertiary/aromatic N) is 7. The van der Waals surface area contributed by atoms with Gasteiger partial charge >= 0.3 is 0 Å². The summed E-state index contributed by atoms with van der Waals surface area (Å²) in [5.41, 5.74) is 0.903. The van der Waals surface area contributed by atoms with E-state index in [1.807, 2.05) is 43.0 Å². The molecule has 1 unspecified atom stereocenters. The predicted octanol–water partition coefficient (Wildman–Crippen LogP) is 4.21. The first-order valence-corrected chi connectivity index (χ1v) is 22.1. The monoisotopic (exact) mass is 896 g/mol. The number of aromatic nitrogens is 3. The Hall–Kier alpha value is -6.14. The van der Waals surface area contributed by atoms with Gasteiger partial charge in [0.1, 0.15) is 16.7 Å². The second-order valence-corrected chi connectivity index (χ2v) is 18.3. The van der Waals surface area contributed by atoms with E-state index in [2.05, 4.69) is 30.7 Å². The Balaban J connectivity index is 0.793. The maximum atomic E-state index is 16.5. The summed E-state index contributed by atoms with van der Waals surface area (Å²) in [6, 6.07) is 11.1. The Morgan fingerprint density at radius 3 is 2.44 bits per heavy atom. The number of amides is 5. The highest BCUT2D eigenvalue weighted by Crippen LogP contribution is 2.46. The van der Waals surface area contributed by atoms with Crippen LogP contribution in [0, 0.1) is 5.41 Å². The zero-order valence-electron chi connectivity index (χ0n) is 35.9. The van der Waals surface area contributed by atoms with Crippen LogP contribution in [0.15, 0.2) is 53.5 Å². The molecule has 1 spiro atoms. The minimum atomic E-state index is -1.38. The van der Waals surface area contributed by atoms with Crippen molar-refractivity contribution >= 4 is 75.2 Å².